The van der Waals surface area contributed by atoms with Gasteiger partial charge in [0.05, 0.1) is 0 Å². The van der Waals surface area contributed by atoms with Crippen molar-refractivity contribution in [2.24, 2.45) is 0 Å². The molecule has 21 heavy (non-hydrogen) atoms. The molecule has 0 radical (unpaired) electrons. The molecule has 0 fully saturated rings. The van der Waals surface area contributed by atoms with Gasteiger partial charge in [-0.15, -0.1) is 0 Å². The van der Waals surface area contributed by atoms with Crippen molar-refractivity contribution >= 4 is 8.80 Å². The maximum atomic E-state index is 13.7. The molecular weight excluding hydrogens is 315 g/mol. The van der Waals surface area contributed by atoms with Gasteiger partial charge in [-0.1, -0.05) is 0 Å². The SMILES string of the molecule is CO[Si](Cc1c(F)c(F)c(F)c(F)c1F)(OC)OC(C)C. The first-order valence-electron chi connectivity index (χ1n) is 5.97. The Kier molecular flexibility index (Phi) is 5.85. The van der Waals surface area contributed by atoms with Crippen molar-refractivity contribution in [2.75, 3.05) is 14.2 Å². The van der Waals surface area contributed by atoms with Crippen LogP contribution in [0.5, 0.6) is 0 Å². The maximum absolute atomic E-state index is 13.7. The van der Waals surface area contributed by atoms with E-state index in [0.29, 0.717) is 0 Å². The topological polar surface area (TPSA) is 27.7 Å². The minimum atomic E-state index is -3.61. The molecule has 0 atom stereocenters. The summed E-state index contributed by atoms with van der Waals surface area (Å²) in [5.74, 6) is -10.1. The molecule has 9 heteroatoms. The second kappa shape index (κ2) is 6.82. The Balaban J connectivity index is 3.34. The largest absolute Gasteiger partial charge is 0.505 e. The molecule has 0 bridgehead atoms. The number of hydrogen-bond acceptors (Lipinski definition) is 3. The fraction of sp³-hybridized carbons (Fsp3) is 0.500. The molecule has 0 aliphatic heterocycles. The van der Waals surface area contributed by atoms with Crippen LogP contribution in [-0.4, -0.2) is 29.1 Å². The molecule has 1 aromatic carbocycles. The Morgan fingerprint density at radius 2 is 1.19 bits per heavy atom. The van der Waals surface area contributed by atoms with Crippen molar-refractivity contribution in [3.8, 4) is 0 Å². The predicted octanol–water partition coefficient (Wildman–Crippen LogP) is 3.12. The van der Waals surface area contributed by atoms with E-state index in [1.807, 2.05) is 0 Å². The van der Waals surface area contributed by atoms with Crippen LogP contribution in [0.1, 0.15) is 19.4 Å². The predicted molar refractivity (Wildman–Crippen MR) is 65.9 cm³/mol. The van der Waals surface area contributed by atoms with Gasteiger partial charge in [-0.25, -0.2) is 22.0 Å². The zero-order valence-corrected chi connectivity index (χ0v) is 12.9. The van der Waals surface area contributed by atoms with Crippen LogP contribution < -0.4 is 0 Å². The smallest absolute Gasteiger partial charge is 0.377 e. The molecule has 0 saturated heterocycles. The lowest BCUT2D eigenvalue weighted by Crippen LogP contribution is -2.49. The summed E-state index contributed by atoms with van der Waals surface area (Å²) in [6, 6.07) is -0.677. The third kappa shape index (κ3) is 3.60. The number of benzene rings is 1. The Bertz CT molecular complexity index is 491. The summed E-state index contributed by atoms with van der Waals surface area (Å²) < 4.78 is 82.2. The summed E-state index contributed by atoms with van der Waals surface area (Å²) in [7, 11) is -1.24. The van der Waals surface area contributed by atoms with E-state index in [1.54, 1.807) is 13.8 Å². The summed E-state index contributed by atoms with van der Waals surface area (Å²) in [4.78, 5) is 0. The van der Waals surface area contributed by atoms with Crippen LogP contribution in [0.15, 0.2) is 0 Å². The molecule has 1 aromatic rings. The van der Waals surface area contributed by atoms with E-state index >= 15 is 0 Å². The fourth-order valence-corrected chi connectivity index (χ4v) is 3.94. The lowest BCUT2D eigenvalue weighted by Gasteiger charge is -2.28. The third-order valence-corrected chi connectivity index (χ3v) is 5.59. The Morgan fingerprint density at radius 1 is 0.810 bits per heavy atom. The molecule has 0 aromatic heterocycles. The lowest BCUT2D eigenvalue weighted by atomic mass is 10.2. The summed E-state index contributed by atoms with van der Waals surface area (Å²) in [6.45, 7) is 3.25. The normalized spacial score (nSPS) is 12.3. The van der Waals surface area contributed by atoms with Gasteiger partial charge in [0.1, 0.15) is 0 Å². The van der Waals surface area contributed by atoms with Crippen LogP contribution in [0.4, 0.5) is 22.0 Å². The second-order valence-electron chi connectivity index (χ2n) is 4.48. The molecule has 3 nitrogen and oxygen atoms in total. The van der Waals surface area contributed by atoms with Gasteiger partial charge in [-0.05, 0) is 13.8 Å². The van der Waals surface area contributed by atoms with Crippen LogP contribution in [0.2, 0.25) is 0 Å². The minimum absolute atomic E-state index is 0.419. The average Bonchev–Trinajstić information content (AvgIpc) is 2.46. The highest BCUT2D eigenvalue weighted by atomic mass is 28.4. The quantitative estimate of drug-likeness (QED) is 0.347. The first kappa shape index (κ1) is 18.0. The van der Waals surface area contributed by atoms with E-state index in [0.717, 1.165) is 0 Å². The van der Waals surface area contributed by atoms with Gasteiger partial charge in [0.15, 0.2) is 23.3 Å². The van der Waals surface area contributed by atoms with Crippen LogP contribution in [0, 0.1) is 29.1 Å². The van der Waals surface area contributed by atoms with E-state index < -0.39 is 55.6 Å². The fourth-order valence-electron chi connectivity index (χ4n) is 1.75. The zero-order valence-electron chi connectivity index (χ0n) is 11.9. The van der Waals surface area contributed by atoms with Gasteiger partial charge in [0.2, 0.25) is 5.82 Å². The Hall–Kier alpha value is -1.03. The number of halogens is 5. The first-order chi connectivity index (χ1) is 9.69. The monoisotopic (exact) mass is 330 g/mol. The van der Waals surface area contributed by atoms with Gasteiger partial charge in [-0.3, -0.25) is 0 Å². The van der Waals surface area contributed by atoms with E-state index in [1.165, 1.54) is 14.2 Å². The average molecular weight is 330 g/mol. The molecule has 0 N–H and O–H groups in total. The number of rotatable bonds is 6. The van der Waals surface area contributed by atoms with E-state index in [4.69, 9.17) is 13.3 Å². The van der Waals surface area contributed by atoms with E-state index in [-0.39, 0.29) is 0 Å². The van der Waals surface area contributed by atoms with Gasteiger partial charge < -0.3 is 13.3 Å². The van der Waals surface area contributed by atoms with Crippen molar-refractivity contribution in [3.63, 3.8) is 0 Å². The molecule has 1 rings (SSSR count). The van der Waals surface area contributed by atoms with Crippen molar-refractivity contribution in [1.82, 2.24) is 0 Å². The van der Waals surface area contributed by atoms with Crippen LogP contribution >= 0.6 is 0 Å². The van der Waals surface area contributed by atoms with E-state index in [9.17, 15) is 22.0 Å². The molecule has 0 unspecified atom stereocenters. The molecule has 0 aliphatic carbocycles. The van der Waals surface area contributed by atoms with Crippen molar-refractivity contribution in [1.29, 1.82) is 0 Å². The zero-order chi connectivity index (χ0) is 16.4. The van der Waals surface area contributed by atoms with Gasteiger partial charge in [0.25, 0.3) is 0 Å². The van der Waals surface area contributed by atoms with Crippen molar-refractivity contribution in [3.05, 3.63) is 34.6 Å². The second-order valence-corrected chi connectivity index (χ2v) is 7.25. The molecular formula is C12H15F5O3Si. The highest BCUT2D eigenvalue weighted by Gasteiger charge is 2.43. The highest BCUT2D eigenvalue weighted by molar-refractivity contribution is 6.60. The molecule has 0 amide bonds. The molecule has 120 valence electrons. The van der Waals surface area contributed by atoms with Crippen molar-refractivity contribution in [2.45, 2.75) is 26.0 Å². The van der Waals surface area contributed by atoms with Gasteiger partial charge >= 0.3 is 8.80 Å². The van der Waals surface area contributed by atoms with Crippen LogP contribution in [-0.2, 0) is 19.3 Å². The highest BCUT2D eigenvalue weighted by Crippen LogP contribution is 2.27. The molecule has 0 heterocycles. The standard InChI is InChI=1S/C12H15F5O3Si/c1-6(2)20-21(18-3,19-4)5-7-8(13)10(15)12(17)11(16)9(7)14/h6H,5H2,1-4H3. The van der Waals surface area contributed by atoms with Crippen LogP contribution in [0.3, 0.4) is 0 Å². The molecule has 0 aliphatic rings. The van der Waals surface area contributed by atoms with E-state index in [2.05, 4.69) is 0 Å². The Labute approximate surface area is 120 Å². The first-order valence-corrected chi connectivity index (χ1v) is 7.90. The molecule has 0 spiro atoms. The summed E-state index contributed by atoms with van der Waals surface area (Å²) in [6.07, 6.45) is -0.419. The summed E-state index contributed by atoms with van der Waals surface area (Å²) >= 11 is 0. The maximum Gasteiger partial charge on any atom is 0.505 e. The van der Waals surface area contributed by atoms with Crippen LogP contribution in [0.25, 0.3) is 0 Å². The number of hydrogen-bond donors (Lipinski definition) is 0. The summed E-state index contributed by atoms with van der Waals surface area (Å²) in [5, 5.41) is 0. The molecule has 0 saturated carbocycles. The lowest BCUT2D eigenvalue weighted by molar-refractivity contribution is 0.0684. The van der Waals surface area contributed by atoms with Gasteiger partial charge in [-0.2, -0.15) is 0 Å². The van der Waals surface area contributed by atoms with Crippen molar-refractivity contribution < 1.29 is 35.2 Å². The Morgan fingerprint density at radius 3 is 1.52 bits per heavy atom. The van der Waals surface area contributed by atoms with Gasteiger partial charge in [0, 0.05) is 31.9 Å². The third-order valence-electron chi connectivity index (χ3n) is 2.73. The minimum Gasteiger partial charge on any atom is -0.377 e. The summed E-state index contributed by atoms with van der Waals surface area (Å²) in [5.41, 5.74) is -1.01.